The lowest BCUT2D eigenvalue weighted by molar-refractivity contribution is 0.0935. The van der Waals surface area contributed by atoms with E-state index in [0.717, 1.165) is 16.5 Å². The van der Waals surface area contributed by atoms with Crippen LogP contribution in [-0.4, -0.2) is 10.9 Å². The van der Waals surface area contributed by atoms with Crippen molar-refractivity contribution in [3.05, 3.63) is 70.9 Å². The topological polar surface area (TPSA) is 44.9 Å². The molecule has 1 heterocycles. The van der Waals surface area contributed by atoms with E-state index in [1.165, 1.54) is 0 Å². The Labute approximate surface area is 127 Å². The number of carbonyl (C=O) groups is 1. The third-order valence-electron chi connectivity index (χ3n) is 3.50. The zero-order valence-electron chi connectivity index (χ0n) is 11.6. The summed E-state index contributed by atoms with van der Waals surface area (Å²) in [7, 11) is 0. The standard InChI is InChI=1S/C17H15ClN2O/c1-11(12-6-3-2-4-7-12)19-17(21)15-10-13-8-5-9-14(18)16(13)20-15/h2-11,20H,1H3,(H,19,21). The molecule has 1 atom stereocenters. The van der Waals surface area contributed by atoms with Crippen molar-refractivity contribution in [1.29, 1.82) is 0 Å². The zero-order chi connectivity index (χ0) is 14.8. The molecular formula is C17H15ClN2O. The molecule has 106 valence electrons. The Balaban J connectivity index is 1.82. The van der Waals surface area contributed by atoms with Crippen LogP contribution in [0.15, 0.2) is 54.6 Å². The minimum atomic E-state index is -0.140. The van der Waals surface area contributed by atoms with E-state index in [1.807, 2.05) is 55.5 Å². The van der Waals surface area contributed by atoms with Crippen LogP contribution in [0.1, 0.15) is 29.0 Å². The first kappa shape index (κ1) is 13.7. The van der Waals surface area contributed by atoms with Crippen LogP contribution in [0.3, 0.4) is 0 Å². The highest BCUT2D eigenvalue weighted by Crippen LogP contribution is 2.23. The van der Waals surface area contributed by atoms with Crippen molar-refractivity contribution < 1.29 is 4.79 Å². The Hall–Kier alpha value is -2.26. The van der Waals surface area contributed by atoms with Crippen molar-refractivity contribution in [1.82, 2.24) is 10.3 Å². The normalized spacial score (nSPS) is 12.3. The summed E-state index contributed by atoms with van der Waals surface area (Å²) in [5, 5.41) is 4.52. The van der Waals surface area contributed by atoms with Gasteiger partial charge >= 0.3 is 0 Å². The second-order valence-electron chi connectivity index (χ2n) is 4.99. The first-order valence-electron chi connectivity index (χ1n) is 6.78. The third kappa shape index (κ3) is 2.78. The van der Waals surface area contributed by atoms with Gasteiger partial charge in [-0.3, -0.25) is 4.79 Å². The van der Waals surface area contributed by atoms with Gasteiger partial charge in [0, 0.05) is 5.39 Å². The third-order valence-corrected chi connectivity index (χ3v) is 3.81. The molecule has 1 unspecified atom stereocenters. The molecule has 0 saturated carbocycles. The molecule has 3 rings (SSSR count). The molecule has 1 aromatic heterocycles. The molecule has 0 spiro atoms. The molecule has 0 aliphatic carbocycles. The molecule has 0 aliphatic rings. The fourth-order valence-corrected chi connectivity index (χ4v) is 2.57. The second-order valence-corrected chi connectivity index (χ2v) is 5.40. The maximum Gasteiger partial charge on any atom is 0.268 e. The number of hydrogen-bond donors (Lipinski definition) is 2. The second kappa shape index (κ2) is 5.62. The molecule has 4 heteroatoms. The lowest BCUT2D eigenvalue weighted by Gasteiger charge is -2.13. The number of nitrogens with one attached hydrogen (secondary N) is 2. The van der Waals surface area contributed by atoms with Crippen LogP contribution in [0.25, 0.3) is 10.9 Å². The number of carbonyl (C=O) groups excluding carboxylic acids is 1. The molecule has 2 aromatic carbocycles. The number of hydrogen-bond acceptors (Lipinski definition) is 1. The fourth-order valence-electron chi connectivity index (χ4n) is 2.34. The quantitative estimate of drug-likeness (QED) is 0.743. The van der Waals surface area contributed by atoms with Gasteiger partial charge in [-0.25, -0.2) is 0 Å². The molecule has 0 bridgehead atoms. The average molecular weight is 299 g/mol. The number of aromatic nitrogens is 1. The highest BCUT2D eigenvalue weighted by atomic mass is 35.5. The lowest BCUT2D eigenvalue weighted by atomic mass is 10.1. The predicted molar refractivity (Wildman–Crippen MR) is 85.6 cm³/mol. The zero-order valence-corrected chi connectivity index (χ0v) is 12.3. The van der Waals surface area contributed by atoms with Crippen LogP contribution in [-0.2, 0) is 0 Å². The number of para-hydroxylation sites is 1. The van der Waals surface area contributed by atoms with Crippen LogP contribution >= 0.6 is 11.6 Å². The van der Waals surface area contributed by atoms with E-state index < -0.39 is 0 Å². The highest BCUT2D eigenvalue weighted by molar-refractivity contribution is 6.35. The van der Waals surface area contributed by atoms with E-state index in [9.17, 15) is 4.79 Å². The molecule has 0 saturated heterocycles. The highest BCUT2D eigenvalue weighted by Gasteiger charge is 2.14. The molecule has 0 radical (unpaired) electrons. The van der Waals surface area contributed by atoms with E-state index >= 15 is 0 Å². The molecular weight excluding hydrogens is 284 g/mol. The van der Waals surface area contributed by atoms with E-state index in [2.05, 4.69) is 10.3 Å². The van der Waals surface area contributed by atoms with Crippen LogP contribution in [0.5, 0.6) is 0 Å². The Kier molecular flexibility index (Phi) is 3.67. The Morgan fingerprint density at radius 2 is 1.90 bits per heavy atom. The van der Waals surface area contributed by atoms with Crippen molar-refractivity contribution in [2.75, 3.05) is 0 Å². The van der Waals surface area contributed by atoms with E-state index in [0.29, 0.717) is 10.7 Å². The van der Waals surface area contributed by atoms with Gasteiger partial charge in [0.15, 0.2) is 0 Å². The van der Waals surface area contributed by atoms with Gasteiger partial charge in [-0.15, -0.1) is 0 Å². The lowest BCUT2D eigenvalue weighted by Crippen LogP contribution is -2.26. The van der Waals surface area contributed by atoms with Crippen LogP contribution < -0.4 is 5.32 Å². The molecule has 3 nitrogen and oxygen atoms in total. The van der Waals surface area contributed by atoms with Gasteiger partial charge in [0.25, 0.3) is 5.91 Å². The predicted octanol–water partition coefficient (Wildman–Crippen LogP) is 4.31. The van der Waals surface area contributed by atoms with E-state index in [4.69, 9.17) is 11.6 Å². The summed E-state index contributed by atoms with van der Waals surface area (Å²) in [4.78, 5) is 15.4. The van der Waals surface area contributed by atoms with Crippen LogP contribution in [0.4, 0.5) is 0 Å². The van der Waals surface area contributed by atoms with Crippen LogP contribution in [0, 0.1) is 0 Å². The summed E-state index contributed by atoms with van der Waals surface area (Å²) in [6.45, 7) is 1.96. The molecule has 0 aliphatic heterocycles. The monoisotopic (exact) mass is 298 g/mol. The van der Waals surface area contributed by atoms with E-state index in [-0.39, 0.29) is 11.9 Å². The van der Waals surface area contributed by atoms with Gasteiger partial charge in [0.2, 0.25) is 0 Å². The maximum atomic E-state index is 12.3. The smallest absolute Gasteiger partial charge is 0.268 e. The van der Waals surface area contributed by atoms with Gasteiger partial charge in [0.1, 0.15) is 5.69 Å². The molecule has 0 fully saturated rings. The Bertz CT molecular complexity index is 780. The van der Waals surface area contributed by atoms with Crippen molar-refractivity contribution in [2.45, 2.75) is 13.0 Å². The Morgan fingerprint density at radius 3 is 2.62 bits per heavy atom. The number of amides is 1. The molecule has 1 amide bonds. The molecule has 3 aromatic rings. The first-order valence-corrected chi connectivity index (χ1v) is 7.16. The van der Waals surface area contributed by atoms with Gasteiger partial charge in [-0.2, -0.15) is 0 Å². The summed E-state index contributed by atoms with van der Waals surface area (Å²) in [5.74, 6) is -0.140. The summed E-state index contributed by atoms with van der Waals surface area (Å²) in [6.07, 6.45) is 0. The summed E-state index contributed by atoms with van der Waals surface area (Å²) < 4.78 is 0. The minimum Gasteiger partial charge on any atom is -0.349 e. The number of halogens is 1. The van der Waals surface area contributed by atoms with Gasteiger partial charge in [0.05, 0.1) is 16.6 Å². The fraction of sp³-hybridized carbons (Fsp3) is 0.118. The van der Waals surface area contributed by atoms with E-state index in [1.54, 1.807) is 6.07 Å². The van der Waals surface area contributed by atoms with Crippen molar-refractivity contribution >= 4 is 28.4 Å². The van der Waals surface area contributed by atoms with Gasteiger partial charge in [-0.1, -0.05) is 54.1 Å². The molecule has 21 heavy (non-hydrogen) atoms. The number of rotatable bonds is 3. The van der Waals surface area contributed by atoms with Crippen LogP contribution in [0.2, 0.25) is 5.02 Å². The average Bonchev–Trinajstić information content (AvgIpc) is 2.94. The SMILES string of the molecule is CC(NC(=O)c1cc2cccc(Cl)c2[nH]1)c1ccccc1. The van der Waals surface area contributed by atoms with Gasteiger partial charge < -0.3 is 10.3 Å². The number of H-pyrrole nitrogens is 1. The first-order chi connectivity index (χ1) is 10.1. The number of benzene rings is 2. The Morgan fingerprint density at radius 1 is 1.14 bits per heavy atom. The summed E-state index contributed by atoms with van der Waals surface area (Å²) >= 11 is 6.11. The van der Waals surface area contributed by atoms with Crippen molar-refractivity contribution in [2.24, 2.45) is 0 Å². The minimum absolute atomic E-state index is 0.0550. The number of fused-ring (bicyclic) bond motifs is 1. The summed E-state index contributed by atoms with van der Waals surface area (Å²) in [6, 6.07) is 17.2. The number of aromatic amines is 1. The van der Waals surface area contributed by atoms with Crippen molar-refractivity contribution in [3.63, 3.8) is 0 Å². The molecule has 2 N–H and O–H groups in total. The van der Waals surface area contributed by atoms with Gasteiger partial charge in [-0.05, 0) is 24.6 Å². The summed E-state index contributed by atoms with van der Waals surface area (Å²) in [5.41, 5.74) is 2.37. The largest absolute Gasteiger partial charge is 0.349 e. The maximum absolute atomic E-state index is 12.3. The van der Waals surface area contributed by atoms with Crippen molar-refractivity contribution in [3.8, 4) is 0 Å².